The summed E-state index contributed by atoms with van der Waals surface area (Å²) in [6, 6.07) is 23.7. The third-order valence-electron chi connectivity index (χ3n) is 8.45. The molecule has 284 valence electrons. The highest BCUT2D eigenvalue weighted by Gasteiger charge is 2.09. The minimum atomic E-state index is -0.200. The summed E-state index contributed by atoms with van der Waals surface area (Å²) in [6.45, 7) is 0.651. The van der Waals surface area contributed by atoms with Crippen LogP contribution in [0.5, 0.6) is 0 Å². The van der Waals surface area contributed by atoms with Gasteiger partial charge in [-0.25, -0.2) is 9.13 Å². The summed E-state index contributed by atoms with van der Waals surface area (Å²) in [5.74, 6) is -0.401. The molecule has 5 rings (SSSR count). The maximum atomic E-state index is 12.4. The lowest BCUT2D eigenvalue weighted by Gasteiger charge is -2.11. The number of fused-ring (bicyclic) bond motifs is 2. The molecule has 2 aromatic carbocycles. The molecule has 0 spiro atoms. The van der Waals surface area contributed by atoms with Crippen LogP contribution in [0.2, 0.25) is 0 Å². The molecule has 1 aliphatic rings. The van der Waals surface area contributed by atoms with E-state index in [1.807, 2.05) is 146 Å². The van der Waals surface area contributed by atoms with Gasteiger partial charge in [0.15, 0.2) is 24.8 Å². The van der Waals surface area contributed by atoms with Crippen LogP contribution in [0.15, 0.2) is 131 Å². The number of halogens is 2. The number of ether oxygens (including phenoxy) is 2. The molecule has 4 aromatic rings. The molecule has 54 heavy (non-hydrogen) atoms. The van der Waals surface area contributed by atoms with Gasteiger partial charge in [0.05, 0.1) is 36.0 Å². The lowest BCUT2D eigenvalue weighted by atomic mass is 10.1. The van der Waals surface area contributed by atoms with Gasteiger partial charge in [0.25, 0.3) is 0 Å². The third kappa shape index (κ3) is 15.2. The summed E-state index contributed by atoms with van der Waals surface area (Å²) < 4.78 is 15.0. The van der Waals surface area contributed by atoms with Crippen molar-refractivity contribution in [3.63, 3.8) is 0 Å². The van der Waals surface area contributed by atoms with Crippen LogP contribution in [0.25, 0.3) is 0 Å². The maximum Gasteiger partial charge on any atom is 0.306 e. The zero-order chi connectivity index (χ0) is 36.4. The van der Waals surface area contributed by atoms with E-state index in [0.29, 0.717) is 64.6 Å². The summed E-state index contributed by atoms with van der Waals surface area (Å²) in [4.78, 5) is 34.5. The number of aryl methyl sites for hydroxylation is 4. The van der Waals surface area contributed by atoms with Gasteiger partial charge in [-0.05, 0) is 85.1 Å². The monoisotopic (exact) mass is 858 g/mol. The van der Waals surface area contributed by atoms with Crippen molar-refractivity contribution in [2.75, 3.05) is 23.8 Å². The van der Waals surface area contributed by atoms with Crippen molar-refractivity contribution in [1.29, 1.82) is 0 Å². The molecule has 0 saturated heterocycles. The number of allylic oxidation sites excluding steroid dienone is 2. The van der Waals surface area contributed by atoms with E-state index in [4.69, 9.17) is 19.5 Å². The number of nitrogens with zero attached hydrogens (tertiary/aromatic N) is 4. The normalized spacial score (nSPS) is 14.0. The number of aromatic nitrogens is 2. The fourth-order valence-corrected chi connectivity index (χ4v) is 5.37. The predicted octanol–water partition coefficient (Wildman–Crippen LogP) is 0.966. The molecule has 3 heterocycles. The molecule has 0 saturated carbocycles. The van der Waals surface area contributed by atoms with Crippen molar-refractivity contribution in [2.45, 2.75) is 51.4 Å². The first kappa shape index (κ1) is 43.5. The fraction of sp³-hybridized carbons (Fsp3) is 0.286. The minimum Gasteiger partial charge on any atom is -1.00 e. The second-order valence-electron chi connectivity index (χ2n) is 12.7. The Hall–Kier alpha value is -4.94. The van der Waals surface area contributed by atoms with Crippen LogP contribution in [0.3, 0.4) is 0 Å². The van der Waals surface area contributed by atoms with Crippen molar-refractivity contribution in [1.82, 2.24) is 0 Å². The highest BCUT2D eigenvalue weighted by atomic mass is 79.9. The van der Waals surface area contributed by atoms with Gasteiger partial charge >= 0.3 is 11.9 Å². The van der Waals surface area contributed by atoms with Crippen LogP contribution >= 0.6 is 0 Å². The van der Waals surface area contributed by atoms with Crippen LogP contribution in [0.4, 0.5) is 22.7 Å². The SMILES string of the molecule is C[n+]1ccc(CCC(=O)OCCC/C2=C/Nc3ccccc3N=C/C(CCCOC(=O)CCc3cc[n+](C)cc3)=C\Nc3ccccc3N=C2)cc1.[Br-].[Br-]. The zero-order valence-corrected chi connectivity index (χ0v) is 34.0. The molecule has 2 aromatic heterocycles. The molecule has 0 unspecified atom stereocenters. The van der Waals surface area contributed by atoms with Crippen LogP contribution in [0, 0.1) is 0 Å². The van der Waals surface area contributed by atoms with Gasteiger partial charge in [-0.2, -0.15) is 0 Å². The van der Waals surface area contributed by atoms with Crippen molar-refractivity contribution in [2.24, 2.45) is 24.1 Å². The van der Waals surface area contributed by atoms with Crippen LogP contribution in [-0.4, -0.2) is 37.6 Å². The predicted molar refractivity (Wildman–Crippen MR) is 205 cm³/mol. The number of pyridine rings is 2. The lowest BCUT2D eigenvalue weighted by Crippen LogP contribution is -3.00. The van der Waals surface area contributed by atoms with E-state index in [2.05, 4.69) is 10.6 Å². The Kier molecular flexibility index (Phi) is 19.1. The van der Waals surface area contributed by atoms with Gasteiger partial charge < -0.3 is 54.1 Å². The van der Waals surface area contributed by atoms with E-state index in [1.54, 1.807) is 0 Å². The molecule has 0 fully saturated rings. The van der Waals surface area contributed by atoms with Crippen LogP contribution < -0.4 is 53.7 Å². The Morgan fingerprint density at radius 1 is 0.574 bits per heavy atom. The average molecular weight is 861 g/mol. The average Bonchev–Trinajstić information content (AvgIpc) is 3.16. The smallest absolute Gasteiger partial charge is 0.306 e. The van der Waals surface area contributed by atoms with E-state index < -0.39 is 0 Å². The Labute approximate surface area is 339 Å². The number of carbonyl (C=O) groups is 2. The molecule has 0 bridgehead atoms. The first-order valence-electron chi connectivity index (χ1n) is 17.8. The summed E-state index contributed by atoms with van der Waals surface area (Å²) in [6.07, 6.45) is 20.1. The number of nitrogens with one attached hydrogen (secondary N) is 2. The molecule has 12 heteroatoms. The van der Waals surface area contributed by atoms with Gasteiger partial charge in [0, 0.05) is 61.9 Å². The Bertz CT molecular complexity index is 1770. The van der Waals surface area contributed by atoms with Crippen molar-refractivity contribution in [3.8, 4) is 0 Å². The van der Waals surface area contributed by atoms with Gasteiger partial charge in [0.1, 0.15) is 14.1 Å². The standard InChI is InChI=1S/C42H48N6O4.2BrH/c1-47-23-19-33(20-24-47)15-17-41(49)51-27-7-9-35-29-43-37-11-3-5-13-39(37)45-31-36(32-46-40-14-6-4-12-38(40)44-30-35)10-8-28-52-42(50)18-16-34-21-25-48(2)26-22-34;;/h3-6,11-14,19-26,29-32,43,46H,7-10,15-18,27-28H2,1-2H3;2*1H/q+2;;/p-2/b35-29-,36-32-,44-30?,45-31?;;. The first-order chi connectivity index (χ1) is 25.4. The van der Waals surface area contributed by atoms with Gasteiger partial charge in [-0.3, -0.25) is 19.6 Å². The summed E-state index contributed by atoms with van der Waals surface area (Å²) in [7, 11) is 3.93. The van der Waals surface area contributed by atoms with E-state index >= 15 is 0 Å². The van der Waals surface area contributed by atoms with Crippen molar-refractivity contribution in [3.05, 3.63) is 132 Å². The third-order valence-corrected chi connectivity index (χ3v) is 8.45. The fourth-order valence-electron chi connectivity index (χ4n) is 5.37. The van der Waals surface area contributed by atoms with E-state index in [0.717, 1.165) is 45.0 Å². The number of hydrogen-bond acceptors (Lipinski definition) is 8. The molecular weight excluding hydrogens is 812 g/mol. The van der Waals surface area contributed by atoms with Gasteiger partial charge in [-0.1, -0.05) is 24.3 Å². The zero-order valence-electron chi connectivity index (χ0n) is 30.8. The molecule has 0 amide bonds. The number of aliphatic imine (C=N–C) groups is 2. The molecule has 0 atom stereocenters. The number of esters is 2. The lowest BCUT2D eigenvalue weighted by molar-refractivity contribution is -0.671. The highest BCUT2D eigenvalue weighted by Crippen LogP contribution is 2.27. The second kappa shape index (κ2) is 23.7. The van der Waals surface area contributed by atoms with E-state index in [9.17, 15) is 9.59 Å². The topological polar surface area (TPSA) is 109 Å². The van der Waals surface area contributed by atoms with E-state index in [-0.39, 0.29) is 45.9 Å². The number of para-hydroxylation sites is 4. The molecule has 0 aliphatic carbocycles. The minimum absolute atomic E-state index is 0. The largest absolute Gasteiger partial charge is 1.00 e. The Morgan fingerprint density at radius 3 is 1.37 bits per heavy atom. The van der Waals surface area contributed by atoms with Crippen molar-refractivity contribution >= 4 is 47.1 Å². The molecule has 2 N–H and O–H groups in total. The highest BCUT2D eigenvalue weighted by molar-refractivity contribution is 5.87. The molecule has 0 radical (unpaired) electrons. The van der Waals surface area contributed by atoms with Crippen LogP contribution in [-0.2, 0) is 46.0 Å². The molecule has 10 nitrogen and oxygen atoms in total. The first-order valence-corrected chi connectivity index (χ1v) is 17.8. The number of carbonyl (C=O) groups excluding carboxylic acids is 2. The second-order valence-corrected chi connectivity index (χ2v) is 12.7. The van der Waals surface area contributed by atoms with Crippen LogP contribution in [0.1, 0.15) is 49.7 Å². The summed E-state index contributed by atoms with van der Waals surface area (Å²) in [5.41, 5.74) is 7.35. The summed E-state index contributed by atoms with van der Waals surface area (Å²) >= 11 is 0. The number of anilines is 2. The van der Waals surface area contributed by atoms with Gasteiger partial charge in [0.2, 0.25) is 0 Å². The Morgan fingerprint density at radius 2 is 0.963 bits per heavy atom. The molecule has 1 aliphatic heterocycles. The maximum absolute atomic E-state index is 12.4. The number of rotatable bonds is 14. The number of benzene rings is 2. The van der Waals surface area contributed by atoms with Crippen molar-refractivity contribution < 1.29 is 62.2 Å². The molecular formula is C42H48Br2N6O4. The summed E-state index contributed by atoms with van der Waals surface area (Å²) in [5, 5.41) is 6.84. The van der Waals surface area contributed by atoms with E-state index in [1.165, 1.54) is 0 Å². The quantitative estimate of drug-likeness (QED) is 0.111. The number of hydrogen-bond donors (Lipinski definition) is 2. The Balaban J connectivity index is 0.00000392. The van der Waals surface area contributed by atoms with Gasteiger partial charge in [-0.15, -0.1) is 0 Å².